The summed E-state index contributed by atoms with van der Waals surface area (Å²) >= 11 is 7.44. The molecule has 0 radical (unpaired) electrons. The highest BCUT2D eigenvalue weighted by Crippen LogP contribution is 2.45. The number of primary amides is 1. The Labute approximate surface area is 186 Å². The van der Waals surface area contributed by atoms with Crippen molar-refractivity contribution < 1.29 is 14.3 Å². The first kappa shape index (κ1) is 22.6. The molecule has 1 heterocycles. The van der Waals surface area contributed by atoms with Gasteiger partial charge in [0.15, 0.2) is 6.10 Å². The second-order valence-electron chi connectivity index (χ2n) is 8.56. The van der Waals surface area contributed by atoms with Gasteiger partial charge in [0, 0.05) is 9.90 Å². The van der Waals surface area contributed by atoms with Crippen molar-refractivity contribution in [2.24, 2.45) is 17.1 Å². The van der Waals surface area contributed by atoms with E-state index in [4.69, 9.17) is 22.1 Å². The third-order valence-corrected chi connectivity index (χ3v) is 7.65. The van der Waals surface area contributed by atoms with Gasteiger partial charge in [0.2, 0.25) is 0 Å². The maximum atomic E-state index is 12.7. The number of nitrogens with one attached hydrogen (secondary N) is 1. The lowest BCUT2D eigenvalue weighted by atomic mass is 9.69. The second-order valence-corrected chi connectivity index (χ2v) is 10.1. The van der Waals surface area contributed by atoms with Crippen molar-refractivity contribution in [1.29, 1.82) is 0 Å². The van der Waals surface area contributed by atoms with Gasteiger partial charge in [-0.25, -0.2) is 0 Å². The number of carbonyl (C=O) groups excluding carboxylic acids is 2. The Balaban J connectivity index is 1.79. The Morgan fingerprint density at radius 2 is 2.13 bits per heavy atom. The monoisotopic (exact) mass is 448 g/mol. The summed E-state index contributed by atoms with van der Waals surface area (Å²) in [6.45, 7) is 8.46. The van der Waals surface area contributed by atoms with E-state index < -0.39 is 12.0 Å². The van der Waals surface area contributed by atoms with Crippen LogP contribution in [0.3, 0.4) is 0 Å². The molecular weight excluding hydrogens is 420 g/mol. The van der Waals surface area contributed by atoms with Gasteiger partial charge in [0.05, 0.1) is 5.56 Å². The highest BCUT2D eigenvalue weighted by molar-refractivity contribution is 7.17. The van der Waals surface area contributed by atoms with Gasteiger partial charge < -0.3 is 15.8 Å². The molecule has 1 aromatic carbocycles. The lowest BCUT2D eigenvalue weighted by Gasteiger charge is -2.36. The summed E-state index contributed by atoms with van der Waals surface area (Å²) in [6.07, 6.45) is 3.08. The summed E-state index contributed by atoms with van der Waals surface area (Å²) in [4.78, 5) is 26.1. The number of rotatable bonds is 7. The van der Waals surface area contributed by atoms with Gasteiger partial charge in [-0.1, -0.05) is 44.9 Å². The summed E-state index contributed by atoms with van der Waals surface area (Å²) in [5.41, 5.74) is 7.37. The highest BCUT2D eigenvalue weighted by atomic mass is 35.5. The van der Waals surface area contributed by atoms with E-state index in [1.165, 1.54) is 11.3 Å². The lowest BCUT2D eigenvalue weighted by Crippen LogP contribution is -2.31. The first-order valence-corrected chi connectivity index (χ1v) is 11.5. The Morgan fingerprint density at radius 3 is 2.77 bits per heavy atom. The number of halogens is 1. The van der Waals surface area contributed by atoms with Crippen molar-refractivity contribution >= 4 is 39.8 Å². The lowest BCUT2D eigenvalue weighted by molar-refractivity contribution is -0.122. The molecule has 3 rings (SSSR count). The van der Waals surface area contributed by atoms with Crippen molar-refractivity contribution in [2.75, 3.05) is 5.32 Å². The fraction of sp³-hybridized carbons (Fsp3) is 0.478. The van der Waals surface area contributed by atoms with Crippen LogP contribution in [0.25, 0.3) is 0 Å². The third-order valence-electron chi connectivity index (χ3n) is 6.24. The van der Waals surface area contributed by atoms with Crippen LogP contribution in [0.15, 0.2) is 24.3 Å². The summed E-state index contributed by atoms with van der Waals surface area (Å²) in [5.74, 6) is 0.222. The minimum atomic E-state index is -0.755. The normalized spacial score (nSPS) is 17.2. The van der Waals surface area contributed by atoms with Crippen LogP contribution >= 0.6 is 22.9 Å². The molecule has 0 fully saturated rings. The average Bonchev–Trinajstić information content (AvgIpc) is 3.05. The van der Waals surface area contributed by atoms with Crippen LogP contribution in [-0.4, -0.2) is 17.9 Å². The summed E-state index contributed by atoms with van der Waals surface area (Å²) in [7, 11) is 0. The van der Waals surface area contributed by atoms with Crippen molar-refractivity contribution in [3.05, 3.63) is 45.3 Å². The largest absolute Gasteiger partial charge is 0.481 e. The van der Waals surface area contributed by atoms with Crippen LogP contribution in [0, 0.1) is 11.3 Å². The van der Waals surface area contributed by atoms with Crippen LogP contribution in [0.4, 0.5) is 5.00 Å². The van der Waals surface area contributed by atoms with Crippen LogP contribution in [0.1, 0.15) is 61.3 Å². The number of ether oxygens (including phenoxy) is 1. The number of carbonyl (C=O) groups is 2. The maximum absolute atomic E-state index is 12.7. The molecule has 7 heteroatoms. The molecule has 30 heavy (non-hydrogen) atoms. The highest BCUT2D eigenvalue weighted by Gasteiger charge is 2.35. The molecule has 1 aliphatic rings. The van der Waals surface area contributed by atoms with E-state index in [-0.39, 0.29) is 11.3 Å². The van der Waals surface area contributed by atoms with Crippen LogP contribution in [0.2, 0.25) is 5.02 Å². The quantitative estimate of drug-likeness (QED) is 0.591. The van der Waals surface area contributed by atoms with Crippen molar-refractivity contribution in [3.63, 3.8) is 0 Å². The van der Waals surface area contributed by atoms with E-state index in [0.29, 0.717) is 27.3 Å². The molecule has 0 saturated heterocycles. The Hall–Kier alpha value is -2.05. The zero-order chi connectivity index (χ0) is 22.1. The van der Waals surface area contributed by atoms with Gasteiger partial charge in [-0.2, -0.15) is 0 Å². The van der Waals surface area contributed by atoms with Gasteiger partial charge in [0.1, 0.15) is 10.8 Å². The fourth-order valence-corrected chi connectivity index (χ4v) is 5.42. The summed E-state index contributed by atoms with van der Waals surface area (Å²) in [6, 6.07) is 6.89. The molecule has 1 aliphatic carbocycles. The van der Waals surface area contributed by atoms with Crippen molar-refractivity contribution in [3.8, 4) is 5.75 Å². The number of benzene rings is 1. The van der Waals surface area contributed by atoms with Gasteiger partial charge in [0.25, 0.3) is 11.8 Å². The number of hydrogen-bond donors (Lipinski definition) is 2. The van der Waals surface area contributed by atoms with Crippen molar-refractivity contribution in [2.45, 2.75) is 59.5 Å². The molecule has 162 valence electrons. The molecule has 3 N–H and O–H groups in total. The minimum absolute atomic E-state index is 0.233. The number of fused-ring (bicyclic) bond motifs is 1. The van der Waals surface area contributed by atoms with E-state index in [1.54, 1.807) is 31.2 Å². The number of amides is 2. The number of anilines is 1. The number of nitrogens with two attached hydrogens (primary N) is 1. The summed E-state index contributed by atoms with van der Waals surface area (Å²) in [5, 5.41) is 3.93. The van der Waals surface area contributed by atoms with Gasteiger partial charge in [-0.3, -0.25) is 9.59 Å². The molecule has 0 saturated carbocycles. The van der Waals surface area contributed by atoms with E-state index in [0.717, 1.165) is 36.1 Å². The van der Waals surface area contributed by atoms with Gasteiger partial charge in [-0.15, -0.1) is 11.3 Å². The van der Waals surface area contributed by atoms with Crippen LogP contribution in [-0.2, 0) is 17.6 Å². The molecule has 2 unspecified atom stereocenters. The van der Waals surface area contributed by atoms with Crippen LogP contribution in [0.5, 0.6) is 5.75 Å². The first-order chi connectivity index (χ1) is 14.1. The molecule has 0 spiro atoms. The smallest absolute Gasteiger partial charge is 0.265 e. The maximum Gasteiger partial charge on any atom is 0.265 e. The Morgan fingerprint density at radius 1 is 1.40 bits per heavy atom. The van der Waals surface area contributed by atoms with Gasteiger partial charge >= 0.3 is 0 Å². The SMILES string of the molecule is CCC(C)(C)C1CCc2c(sc(NC(=O)C(C)Oc3cccc(Cl)c3)c2C(N)=O)C1. The number of hydrogen-bond acceptors (Lipinski definition) is 4. The van der Waals surface area contributed by atoms with E-state index in [2.05, 4.69) is 26.1 Å². The van der Waals surface area contributed by atoms with Crippen molar-refractivity contribution in [1.82, 2.24) is 0 Å². The molecule has 0 bridgehead atoms. The molecular formula is C23H29ClN2O3S. The van der Waals surface area contributed by atoms with E-state index >= 15 is 0 Å². The zero-order valence-corrected chi connectivity index (χ0v) is 19.5. The van der Waals surface area contributed by atoms with E-state index in [1.807, 2.05) is 0 Å². The van der Waals surface area contributed by atoms with E-state index in [9.17, 15) is 9.59 Å². The standard InChI is InChI=1S/C23H29ClN2O3S/c1-5-23(3,4)14-9-10-17-18(11-14)30-22(19(17)20(25)27)26-21(28)13(2)29-16-8-6-7-15(24)12-16/h6-8,12-14H,5,9-11H2,1-4H3,(H2,25,27)(H,26,28). The Kier molecular flexibility index (Phi) is 6.78. The minimum Gasteiger partial charge on any atom is -0.481 e. The predicted molar refractivity (Wildman–Crippen MR) is 123 cm³/mol. The predicted octanol–water partition coefficient (Wildman–Crippen LogP) is 5.45. The Bertz CT molecular complexity index is 954. The fourth-order valence-electron chi connectivity index (χ4n) is 3.90. The average molecular weight is 449 g/mol. The first-order valence-electron chi connectivity index (χ1n) is 10.3. The third kappa shape index (κ3) is 4.81. The molecule has 0 aliphatic heterocycles. The molecule has 2 aromatic rings. The molecule has 2 atom stereocenters. The molecule has 1 aromatic heterocycles. The number of thiophene rings is 1. The summed E-state index contributed by atoms with van der Waals surface area (Å²) < 4.78 is 5.70. The molecule has 2 amide bonds. The van der Waals surface area contributed by atoms with Gasteiger partial charge in [-0.05, 0) is 61.3 Å². The zero-order valence-electron chi connectivity index (χ0n) is 17.9. The topological polar surface area (TPSA) is 81.4 Å². The molecule has 5 nitrogen and oxygen atoms in total. The van der Waals surface area contributed by atoms with Crippen LogP contribution < -0.4 is 15.8 Å². The second kappa shape index (κ2) is 8.98.